The van der Waals surface area contributed by atoms with E-state index in [1.54, 1.807) is 4.68 Å². The smallest absolute Gasteiger partial charge is 0.174 e. The van der Waals surface area contributed by atoms with E-state index in [-0.39, 0.29) is 15.9 Å². The van der Waals surface area contributed by atoms with Gasteiger partial charge in [-0.05, 0) is 30.7 Å². The molecule has 4 rings (SSSR count). The maximum Gasteiger partial charge on any atom is 0.174 e. The van der Waals surface area contributed by atoms with Crippen LogP contribution in [0.1, 0.15) is 11.3 Å². The van der Waals surface area contributed by atoms with Gasteiger partial charge in [-0.2, -0.15) is 5.10 Å². The van der Waals surface area contributed by atoms with Crippen LogP contribution in [-0.4, -0.2) is 19.9 Å². The second-order valence-electron chi connectivity index (χ2n) is 6.17. The number of hydrogen-bond donors (Lipinski definition) is 2. The molecule has 0 fully saturated rings. The molecule has 27 heavy (non-hydrogen) atoms. The van der Waals surface area contributed by atoms with Crippen molar-refractivity contribution in [1.29, 1.82) is 0 Å². The van der Waals surface area contributed by atoms with Crippen LogP contribution >= 0.6 is 23.2 Å². The van der Waals surface area contributed by atoms with Crippen LogP contribution in [0.3, 0.4) is 0 Å². The Morgan fingerprint density at radius 2 is 1.85 bits per heavy atom. The van der Waals surface area contributed by atoms with Crippen molar-refractivity contribution in [1.82, 2.24) is 14.8 Å². The molecular weight excluding hydrogens is 383 g/mol. The first-order valence-electron chi connectivity index (χ1n) is 8.35. The molecule has 0 aliphatic rings. The first-order chi connectivity index (χ1) is 13.0. The van der Waals surface area contributed by atoms with Gasteiger partial charge in [0.1, 0.15) is 0 Å². The Bertz CT molecular complexity index is 1100. The Morgan fingerprint density at radius 1 is 1.07 bits per heavy atom. The summed E-state index contributed by atoms with van der Waals surface area (Å²) in [5.74, 6) is 0.216. The van der Waals surface area contributed by atoms with E-state index in [0.717, 1.165) is 28.8 Å². The summed E-state index contributed by atoms with van der Waals surface area (Å²) in [6, 6.07) is 17.8. The first-order valence-corrected chi connectivity index (χ1v) is 9.11. The highest BCUT2D eigenvalue weighted by Crippen LogP contribution is 2.33. The van der Waals surface area contributed by atoms with Gasteiger partial charge in [0.15, 0.2) is 16.7 Å². The summed E-state index contributed by atoms with van der Waals surface area (Å²) in [7, 11) is 0. The number of aromatic nitrogens is 3. The van der Waals surface area contributed by atoms with Crippen LogP contribution in [0.15, 0.2) is 54.6 Å². The Labute approximate surface area is 166 Å². The Hall–Kier alpha value is -2.76. The van der Waals surface area contributed by atoms with E-state index in [9.17, 15) is 5.11 Å². The lowest BCUT2D eigenvalue weighted by molar-refractivity contribution is 0.473. The van der Waals surface area contributed by atoms with Gasteiger partial charge in [-0.1, -0.05) is 53.5 Å². The standard InChI is InChI=1S/C20H16Cl2N4O/c1-12-15-9-14(23-11-13-5-3-2-4-6-13)7-8-17(15)26(25-12)18-10-16(21)19(27)20(22)24-18/h2-10,23,27H,11H2,1H3. The predicted molar refractivity (Wildman–Crippen MR) is 109 cm³/mol. The third-order valence-electron chi connectivity index (χ3n) is 4.31. The van der Waals surface area contributed by atoms with E-state index < -0.39 is 0 Å². The van der Waals surface area contributed by atoms with Gasteiger partial charge >= 0.3 is 0 Å². The van der Waals surface area contributed by atoms with Crippen LogP contribution in [-0.2, 0) is 6.54 Å². The lowest BCUT2D eigenvalue weighted by Crippen LogP contribution is -2.01. The van der Waals surface area contributed by atoms with Crippen molar-refractivity contribution < 1.29 is 5.11 Å². The first kappa shape index (κ1) is 17.6. The van der Waals surface area contributed by atoms with Crippen molar-refractivity contribution in [3.63, 3.8) is 0 Å². The summed E-state index contributed by atoms with van der Waals surface area (Å²) in [5.41, 5.74) is 3.95. The van der Waals surface area contributed by atoms with Gasteiger partial charge in [0.2, 0.25) is 0 Å². The third kappa shape index (κ3) is 3.44. The Kier molecular flexibility index (Phi) is 4.64. The highest BCUT2D eigenvalue weighted by Gasteiger charge is 2.14. The zero-order valence-electron chi connectivity index (χ0n) is 14.4. The van der Waals surface area contributed by atoms with E-state index in [4.69, 9.17) is 23.2 Å². The minimum atomic E-state index is -0.234. The number of aromatic hydroxyl groups is 1. The molecule has 0 aliphatic carbocycles. The van der Waals surface area contributed by atoms with Gasteiger partial charge in [-0.15, -0.1) is 0 Å². The second-order valence-corrected chi connectivity index (χ2v) is 6.94. The molecule has 7 heteroatoms. The van der Waals surface area contributed by atoms with Gasteiger partial charge in [0, 0.05) is 23.7 Å². The molecule has 2 N–H and O–H groups in total. The number of nitrogens with one attached hydrogen (secondary N) is 1. The van der Waals surface area contributed by atoms with E-state index in [1.165, 1.54) is 11.6 Å². The van der Waals surface area contributed by atoms with Crippen molar-refractivity contribution >= 4 is 39.8 Å². The van der Waals surface area contributed by atoms with E-state index in [1.807, 2.05) is 37.3 Å². The number of hydrogen-bond acceptors (Lipinski definition) is 4. The number of benzene rings is 2. The van der Waals surface area contributed by atoms with E-state index in [2.05, 4.69) is 33.6 Å². The zero-order valence-corrected chi connectivity index (χ0v) is 16.0. The molecule has 0 saturated carbocycles. The summed E-state index contributed by atoms with van der Waals surface area (Å²) in [4.78, 5) is 4.18. The molecule has 0 atom stereocenters. The molecule has 2 aromatic carbocycles. The normalized spacial score (nSPS) is 11.1. The van der Waals surface area contributed by atoms with Crippen LogP contribution < -0.4 is 5.32 Å². The Balaban J connectivity index is 1.69. The lowest BCUT2D eigenvalue weighted by Gasteiger charge is -2.08. The molecule has 2 heterocycles. The lowest BCUT2D eigenvalue weighted by atomic mass is 10.2. The van der Waals surface area contributed by atoms with Gasteiger partial charge in [-0.3, -0.25) is 0 Å². The van der Waals surface area contributed by atoms with Crippen LogP contribution in [0.5, 0.6) is 5.75 Å². The molecular formula is C20H16Cl2N4O. The topological polar surface area (TPSA) is 63.0 Å². The van der Waals surface area contributed by atoms with Crippen LogP contribution in [0.2, 0.25) is 10.2 Å². The molecule has 0 radical (unpaired) electrons. The van der Waals surface area contributed by atoms with Crippen molar-refractivity contribution in [3.05, 3.63) is 76.0 Å². The molecule has 0 amide bonds. The number of aryl methyl sites for hydroxylation is 1. The summed E-state index contributed by atoms with van der Waals surface area (Å²) >= 11 is 12.0. The fraction of sp³-hybridized carbons (Fsp3) is 0.100. The molecule has 2 aromatic heterocycles. The molecule has 0 bridgehead atoms. The molecule has 136 valence electrons. The average Bonchev–Trinajstić information content (AvgIpc) is 3.01. The van der Waals surface area contributed by atoms with Crippen molar-refractivity contribution in [2.24, 2.45) is 0 Å². The van der Waals surface area contributed by atoms with Crippen LogP contribution in [0.25, 0.3) is 16.7 Å². The van der Waals surface area contributed by atoms with Crippen molar-refractivity contribution in [3.8, 4) is 11.6 Å². The molecule has 4 aromatic rings. The van der Waals surface area contributed by atoms with Gasteiger partial charge in [0.05, 0.1) is 16.2 Å². The largest absolute Gasteiger partial charge is 0.504 e. The number of halogens is 2. The molecule has 5 nitrogen and oxygen atoms in total. The van der Waals surface area contributed by atoms with E-state index in [0.29, 0.717) is 5.82 Å². The maximum absolute atomic E-state index is 9.72. The number of nitrogens with zero attached hydrogens (tertiary/aromatic N) is 3. The fourth-order valence-corrected chi connectivity index (χ4v) is 3.35. The van der Waals surface area contributed by atoms with E-state index >= 15 is 0 Å². The predicted octanol–water partition coefficient (Wildman–Crippen LogP) is 5.35. The number of anilines is 1. The average molecular weight is 399 g/mol. The third-order valence-corrected chi connectivity index (χ3v) is 4.86. The quantitative estimate of drug-likeness (QED) is 0.454. The van der Waals surface area contributed by atoms with Gasteiger partial charge in [0.25, 0.3) is 0 Å². The number of rotatable bonds is 4. The fourth-order valence-electron chi connectivity index (χ4n) is 2.93. The molecule has 0 saturated heterocycles. The maximum atomic E-state index is 9.72. The SMILES string of the molecule is Cc1nn(-c2cc(Cl)c(O)c(Cl)n2)c2ccc(NCc3ccccc3)cc12. The van der Waals surface area contributed by atoms with Gasteiger partial charge < -0.3 is 10.4 Å². The zero-order chi connectivity index (χ0) is 19.0. The summed E-state index contributed by atoms with van der Waals surface area (Å²) in [6.45, 7) is 2.67. The Morgan fingerprint density at radius 3 is 2.59 bits per heavy atom. The van der Waals surface area contributed by atoms with Gasteiger partial charge in [-0.25, -0.2) is 9.67 Å². The summed E-state index contributed by atoms with van der Waals surface area (Å²) < 4.78 is 1.67. The number of fused-ring (bicyclic) bond motifs is 1. The van der Waals surface area contributed by atoms with Crippen molar-refractivity contribution in [2.45, 2.75) is 13.5 Å². The second kappa shape index (κ2) is 7.10. The molecule has 0 spiro atoms. The van der Waals surface area contributed by atoms with Crippen molar-refractivity contribution in [2.75, 3.05) is 5.32 Å². The highest BCUT2D eigenvalue weighted by molar-refractivity contribution is 6.36. The number of pyridine rings is 1. The monoisotopic (exact) mass is 398 g/mol. The summed E-state index contributed by atoms with van der Waals surface area (Å²) in [5, 5.41) is 18.8. The summed E-state index contributed by atoms with van der Waals surface area (Å²) in [6.07, 6.45) is 0. The minimum absolute atomic E-state index is 0.0556. The van der Waals surface area contributed by atoms with Crippen LogP contribution in [0, 0.1) is 6.92 Å². The van der Waals surface area contributed by atoms with Crippen LogP contribution in [0.4, 0.5) is 5.69 Å². The molecule has 0 unspecified atom stereocenters. The molecule has 0 aliphatic heterocycles. The highest BCUT2D eigenvalue weighted by atomic mass is 35.5. The minimum Gasteiger partial charge on any atom is -0.504 e.